The van der Waals surface area contributed by atoms with Crippen LogP contribution in [0.15, 0.2) is 34.0 Å². The summed E-state index contributed by atoms with van der Waals surface area (Å²) in [7, 11) is -3.52. The van der Waals surface area contributed by atoms with Gasteiger partial charge in [-0.1, -0.05) is 17.7 Å². The number of carbonyl (C=O) groups excluding carboxylic acids is 1. The summed E-state index contributed by atoms with van der Waals surface area (Å²) in [5.41, 5.74) is -0.941. The molecular weight excluding hydrogens is 477 g/mol. The van der Waals surface area contributed by atoms with E-state index in [1.807, 2.05) is 0 Å². The van der Waals surface area contributed by atoms with Gasteiger partial charge in [0.15, 0.2) is 0 Å². The molecule has 2 aromatic rings. The van der Waals surface area contributed by atoms with Gasteiger partial charge in [-0.2, -0.15) is 17.5 Å². The van der Waals surface area contributed by atoms with E-state index in [2.05, 4.69) is 15.6 Å². The zero-order chi connectivity index (χ0) is 22.6. The van der Waals surface area contributed by atoms with Crippen molar-refractivity contribution < 1.29 is 26.4 Å². The SMILES string of the molecule is O=C(NCCNc1ncc(C(F)(F)F)cc1Cl)C1CCN(S(=O)(=O)c2cccs2)CC1. The molecular formula is C18H20ClF3N4O3S2. The van der Waals surface area contributed by atoms with Gasteiger partial charge in [-0.3, -0.25) is 4.79 Å². The van der Waals surface area contributed by atoms with Gasteiger partial charge >= 0.3 is 6.18 Å². The molecule has 0 unspecified atom stereocenters. The molecule has 31 heavy (non-hydrogen) atoms. The highest BCUT2D eigenvalue weighted by Crippen LogP contribution is 2.32. The van der Waals surface area contributed by atoms with E-state index in [1.54, 1.807) is 17.5 Å². The number of piperidine rings is 1. The second-order valence-corrected chi connectivity index (χ2v) is 10.4. The quantitative estimate of drug-likeness (QED) is 0.573. The van der Waals surface area contributed by atoms with Gasteiger partial charge in [-0.25, -0.2) is 13.4 Å². The number of amides is 1. The van der Waals surface area contributed by atoms with Crippen molar-refractivity contribution >= 4 is 44.7 Å². The van der Waals surface area contributed by atoms with Crippen molar-refractivity contribution in [1.82, 2.24) is 14.6 Å². The number of alkyl halides is 3. The van der Waals surface area contributed by atoms with E-state index < -0.39 is 21.8 Å². The predicted molar refractivity (Wildman–Crippen MR) is 112 cm³/mol. The average Bonchev–Trinajstić information content (AvgIpc) is 3.27. The zero-order valence-electron chi connectivity index (χ0n) is 16.2. The van der Waals surface area contributed by atoms with Crippen LogP contribution in [0.5, 0.6) is 0 Å². The molecule has 13 heteroatoms. The number of halogens is 4. The minimum Gasteiger partial charge on any atom is -0.367 e. The molecule has 7 nitrogen and oxygen atoms in total. The summed E-state index contributed by atoms with van der Waals surface area (Å²) >= 11 is 6.98. The first-order valence-corrected chi connectivity index (χ1v) is 12.1. The van der Waals surface area contributed by atoms with Gasteiger partial charge in [0.25, 0.3) is 10.0 Å². The number of rotatable bonds is 7. The van der Waals surface area contributed by atoms with E-state index in [0.717, 1.165) is 17.4 Å². The molecule has 1 saturated heterocycles. The van der Waals surface area contributed by atoms with Gasteiger partial charge in [-0.15, -0.1) is 11.3 Å². The number of thiophene rings is 1. The molecule has 0 aliphatic carbocycles. The lowest BCUT2D eigenvalue weighted by Crippen LogP contribution is -2.43. The van der Waals surface area contributed by atoms with Crippen LogP contribution >= 0.6 is 22.9 Å². The van der Waals surface area contributed by atoms with Gasteiger partial charge in [0.1, 0.15) is 10.0 Å². The van der Waals surface area contributed by atoms with Crippen LogP contribution in [0.25, 0.3) is 0 Å². The summed E-state index contributed by atoms with van der Waals surface area (Å²) in [6, 6.07) is 4.02. The number of anilines is 1. The number of nitrogens with one attached hydrogen (secondary N) is 2. The Morgan fingerprint density at radius 3 is 2.58 bits per heavy atom. The normalized spacial score (nSPS) is 16.3. The maximum atomic E-state index is 12.6. The Labute approximate surface area is 186 Å². The monoisotopic (exact) mass is 496 g/mol. The molecule has 170 valence electrons. The molecule has 0 aromatic carbocycles. The number of hydrogen-bond acceptors (Lipinski definition) is 6. The molecule has 2 N–H and O–H groups in total. The van der Waals surface area contributed by atoms with Gasteiger partial charge in [-0.05, 0) is 30.4 Å². The summed E-state index contributed by atoms with van der Waals surface area (Å²) in [4.78, 5) is 16.0. The lowest BCUT2D eigenvalue weighted by Gasteiger charge is -2.30. The van der Waals surface area contributed by atoms with Gasteiger partial charge in [0, 0.05) is 38.3 Å². The van der Waals surface area contributed by atoms with Gasteiger partial charge < -0.3 is 10.6 Å². The molecule has 0 saturated carbocycles. The second-order valence-electron chi connectivity index (χ2n) is 6.88. The number of pyridine rings is 1. The molecule has 2 aromatic heterocycles. The number of hydrogen-bond donors (Lipinski definition) is 2. The van der Waals surface area contributed by atoms with Crippen molar-refractivity contribution in [2.75, 3.05) is 31.5 Å². The third kappa shape index (κ3) is 5.88. The summed E-state index contributed by atoms with van der Waals surface area (Å²) in [5.74, 6) is -0.403. The lowest BCUT2D eigenvalue weighted by molar-refractivity contribution is -0.137. The summed E-state index contributed by atoms with van der Waals surface area (Å²) in [6.07, 6.45) is -3.01. The van der Waals surface area contributed by atoms with Crippen LogP contribution in [0.3, 0.4) is 0 Å². The predicted octanol–water partition coefficient (Wildman–Crippen LogP) is 3.44. The largest absolute Gasteiger partial charge is 0.417 e. The number of aromatic nitrogens is 1. The molecule has 1 fully saturated rings. The molecule has 0 spiro atoms. The molecule has 1 aliphatic heterocycles. The molecule has 1 aliphatic rings. The van der Waals surface area contributed by atoms with Gasteiger partial charge in [0.05, 0.1) is 10.6 Å². The molecule has 1 amide bonds. The number of nitrogens with zero attached hydrogens (tertiary/aromatic N) is 2. The van der Waals surface area contributed by atoms with E-state index in [0.29, 0.717) is 19.0 Å². The Kier molecular flexibility index (Phi) is 7.45. The Balaban J connectivity index is 1.42. The highest BCUT2D eigenvalue weighted by Gasteiger charge is 2.33. The first-order chi connectivity index (χ1) is 14.6. The van der Waals surface area contributed by atoms with Crippen molar-refractivity contribution in [3.63, 3.8) is 0 Å². The van der Waals surface area contributed by atoms with Crippen molar-refractivity contribution in [2.24, 2.45) is 5.92 Å². The van der Waals surface area contributed by atoms with E-state index in [4.69, 9.17) is 11.6 Å². The third-order valence-electron chi connectivity index (χ3n) is 4.80. The Hall–Kier alpha value is -1.89. The minimum absolute atomic E-state index is 0.0935. The Bertz CT molecular complexity index is 1010. The van der Waals surface area contributed by atoms with Crippen molar-refractivity contribution in [3.8, 4) is 0 Å². The zero-order valence-corrected chi connectivity index (χ0v) is 18.5. The Morgan fingerprint density at radius 2 is 2.00 bits per heavy atom. The highest BCUT2D eigenvalue weighted by atomic mass is 35.5. The van der Waals surface area contributed by atoms with E-state index in [-0.39, 0.29) is 53.1 Å². The number of sulfonamides is 1. The fraction of sp³-hybridized carbons (Fsp3) is 0.444. The lowest BCUT2D eigenvalue weighted by atomic mass is 9.97. The van der Waals surface area contributed by atoms with Crippen molar-refractivity contribution in [1.29, 1.82) is 0 Å². The maximum absolute atomic E-state index is 12.6. The summed E-state index contributed by atoms with van der Waals surface area (Å²) in [5, 5.41) is 7.06. The van der Waals surface area contributed by atoms with Crippen molar-refractivity contribution in [3.05, 3.63) is 40.4 Å². The first-order valence-electron chi connectivity index (χ1n) is 9.37. The number of carbonyl (C=O) groups is 1. The maximum Gasteiger partial charge on any atom is 0.417 e. The van der Waals surface area contributed by atoms with Gasteiger partial charge in [0.2, 0.25) is 5.91 Å². The second kappa shape index (κ2) is 9.72. The van der Waals surface area contributed by atoms with Crippen LogP contribution in [0, 0.1) is 5.92 Å². The minimum atomic E-state index is -4.53. The molecule has 0 bridgehead atoms. The summed E-state index contributed by atoms with van der Waals surface area (Å²) in [6.45, 7) is 0.963. The molecule has 0 radical (unpaired) electrons. The molecule has 3 rings (SSSR count). The van der Waals surface area contributed by atoms with E-state index in [1.165, 1.54) is 4.31 Å². The third-order valence-corrected chi connectivity index (χ3v) is 8.36. The van der Waals surface area contributed by atoms with E-state index in [9.17, 15) is 26.4 Å². The summed E-state index contributed by atoms with van der Waals surface area (Å²) < 4.78 is 64.6. The Morgan fingerprint density at radius 1 is 1.29 bits per heavy atom. The highest BCUT2D eigenvalue weighted by molar-refractivity contribution is 7.91. The first kappa shape index (κ1) is 23.8. The van der Waals surface area contributed by atoms with Crippen LogP contribution in [0.1, 0.15) is 18.4 Å². The van der Waals surface area contributed by atoms with E-state index >= 15 is 0 Å². The van der Waals surface area contributed by atoms with Crippen LogP contribution in [-0.4, -0.2) is 49.8 Å². The van der Waals surface area contributed by atoms with Crippen molar-refractivity contribution in [2.45, 2.75) is 23.2 Å². The topological polar surface area (TPSA) is 91.4 Å². The average molecular weight is 497 g/mol. The fourth-order valence-electron chi connectivity index (χ4n) is 3.13. The standard InChI is InChI=1S/C18H20ClF3N4O3S2/c19-14-10-13(18(20,21)22)11-25-16(14)23-5-6-24-17(27)12-3-7-26(8-4-12)31(28,29)15-2-1-9-30-15/h1-2,9-12H,3-8H2,(H,23,25)(H,24,27). The fourth-order valence-corrected chi connectivity index (χ4v) is 5.98. The molecule has 0 atom stereocenters. The van der Waals surface area contributed by atoms with Crippen LogP contribution < -0.4 is 10.6 Å². The van der Waals surface area contributed by atoms with Crippen LogP contribution in [0.4, 0.5) is 19.0 Å². The smallest absolute Gasteiger partial charge is 0.367 e. The molecule has 3 heterocycles. The van der Waals surface area contributed by atoms with Crippen LogP contribution in [0.2, 0.25) is 5.02 Å². The van der Waals surface area contributed by atoms with Crippen LogP contribution in [-0.2, 0) is 21.0 Å².